The standard InChI is InChI=1S/C21H13FO5/c1-12-9-14(26-21(24)15-6-2-3-7-16(15)22)11-17-19(12)20(23)18(27-17)10-13-5-4-8-25-13/h2-11H,1H3/b18-10-. The summed E-state index contributed by atoms with van der Waals surface area (Å²) in [5.41, 5.74) is 0.793. The number of aryl methyl sites for hydroxylation is 1. The molecule has 2 aromatic carbocycles. The van der Waals surface area contributed by atoms with Crippen molar-refractivity contribution in [3.63, 3.8) is 0 Å². The quantitative estimate of drug-likeness (QED) is 0.387. The van der Waals surface area contributed by atoms with Gasteiger partial charge in [-0.25, -0.2) is 9.18 Å². The molecule has 0 N–H and O–H groups in total. The van der Waals surface area contributed by atoms with Gasteiger partial charge in [-0.15, -0.1) is 0 Å². The molecule has 1 aliphatic heterocycles. The Morgan fingerprint density at radius 3 is 2.70 bits per heavy atom. The highest BCUT2D eigenvalue weighted by Crippen LogP contribution is 2.37. The first-order chi connectivity index (χ1) is 13.0. The van der Waals surface area contributed by atoms with Gasteiger partial charge in [-0.05, 0) is 42.8 Å². The first-order valence-electron chi connectivity index (χ1n) is 8.12. The van der Waals surface area contributed by atoms with E-state index in [2.05, 4.69) is 0 Å². The molecular weight excluding hydrogens is 351 g/mol. The highest BCUT2D eigenvalue weighted by Gasteiger charge is 2.30. The zero-order valence-electron chi connectivity index (χ0n) is 14.2. The molecule has 0 fully saturated rings. The second-order valence-electron chi connectivity index (χ2n) is 5.94. The largest absolute Gasteiger partial charge is 0.465 e. The third-order valence-electron chi connectivity index (χ3n) is 4.06. The maximum Gasteiger partial charge on any atom is 0.346 e. The zero-order chi connectivity index (χ0) is 19.0. The fraction of sp³-hybridized carbons (Fsp3) is 0.0476. The molecule has 0 saturated carbocycles. The number of hydrogen-bond acceptors (Lipinski definition) is 5. The SMILES string of the molecule is Cc1cc(OC(=O)c2ccccc2F)cc2c1C(=O)/C(=C/c1ccco1)O2. The van der Waals surface area contributed by atoms with Crippen molar-refractivity contribution in [2.75, 3.05) is 0 Å². The van der Waals surface area contributed by atoms with Crippen molar-refractivity contribution in [3.05, 3.63) is 88.8 Å². The number of Topliss-reactive ketones (excluding diaryl/α,β-unsaturated/α-hetero) is 1. The van der Waals surface area contributed by atoms with Crippen molar-refractivity contribution in [2.45, 2.75) is 6.92 Å². The van der Waals surface area contributed by atoms with E-state index in [4.69, 9.17) is 13.9 Å². The van der Waals surface area contributed by atoms with Crippen LogP contribution in [0.3, 0.4) is 0 Å². The van der Waals surface area contributed by atoms with Crippen LogP contribution in [0.4, 0.5) is 4.39 Å². The molecule has 3 aromatic rings. The lowest BCUT2D eigenvalue weighted by molar-refractivity contribution is 0.0729. The first-order valence-corrected chi connectivity index (χ1v) is 8.12. The number of halogens is 1. The summed E-state index contributed by atoms with van der Waals surface area (Å²) in [6.07, 6.45) is 2.98. The van der Waals surface area contributed by atoms with Crippen LogP contribution in [0.5, 0.6) is 11.5 Å². The molecule has 0 spiro atoms. The molecule has 0 saturated heterocycles. The molecule has 27 heavy (non-hydrogen) atoms. The average Bonchev–Trinajstić information content (AvgIpc) is 3.24. The second kappa shape index (κ2) is 6.57. The predicted molar refractivity (Wildman–Crippen MR) is 94.2 cm³/mol. The van der Waals surface area contributed by atoms with Gasteiger partial charge in [0.15, 0.2) is 5.76 Å². The van der Waals surface area contributed by atoms with E-state index in [1.54, 1.807) is 25.1 Å². The van der Waals surface area contributed by atoms with Gasteiger partial charge in [-0.2, -0.15) is 0 Å². The van der Waals surface area contributed by atoms with Gasteiger partial charge in [0.2, 0.25) is 5.78 Å². The molecule has 134 valence electrons. The maximum atomic E-state index is 13.7. The summed E-state index contributed by atoms with van der Waals surface area (Å²) in [5, 5.41) is 0. The van der Waals surface area contributed by atoms with Crippen molar-refractivity contribution in [2.24, 2.45) is 0 Å². The highest BCUT2D eigenvalue weighted by molar-refractivity contribution is 6.15. The number of hydrogen-bond donors (Lipinski definition) is 0. The Morgan fingerprint density at radius 1 is 1.15 bits per heavy atom. The van der Waals surface area contributed by atoms with E-state index in [0.717, 1.165) is 0 Å². The number of esters is 1. The lowest BCUT2D eigenvalue weighted by Gasteiger charge is -2.08. The van der Waals surface area contributed by atoms with Gasteiger partial charge in [-0.3, -0.25) is 4.79 Å². The van der Waals surface area contributed by atoms with Gasteiger partial charge in [0.1, 0.15) is 23.1 Å². The van der Waals surface area contributed by atoms with E-state index in [1.807, 2.05) is 0 Å². The van der Waals surface area contributed by atoms with Crippen LogP contribution < -0.4 is 9.47 Å². The van der Waals surface area contributed by atoms with E-state index in [1.165, 1.54) is 42.7 Å². The van der Waals surface area contributed by atoms with Crippen LogP contribution in [0.1, 0.15) is 32.0 Å². The minimum absolute atomic E-state index is 0.112. The summed E-state index contributed by atoms with van der Waals surface area (Å²) in [7, 11) is 0. The zero-order valence-corrected chi connectivity index (χ0v) is 14.2. The van der Waals surface area contributed by atoms with Gasteiger partial charge in [-0.1, -0.05) is 12.1 Å². The van der Waals surface area contributed by atoms with Crippen LogP contribution in [-0.2, 0) is 0 Å². The van der Waals surface area contributed by atoms with Crippen molar-refractivity contribution < 1.29 is 27.9 Å². The molecule has 0 amide bonds. The van der Waals surface area contributed by atoms with E-state index in [0.29, 0.717) is 16.9 Å². The van der Waals surface area contributed by atoms with E-state index in [9.17, 15) is 14.0 Å². The number of furan rings is 1. The van der Waals surface area contributed by atoms with Crippen LogP contribution in [0.15, 0.2) is 65.0 Å². The summed E-state index contributed by atoms with van der Waals surface area (Å²) in [6.45, 7) is 1.70. The van der Waals surface area contributed by atoms with Crippen LogP contribution >= 0.6 is 0 Å². The van der Waals surface area contributed by atoms with Crippen molar-refractivity contribution in [1.29, 1.82) is 0 Å². The highest BCUT2D eigenvalue weighted by atomic mass is 19.1. The summed E-state index contributed by atoms with van der Waals surface area (Å²) < 4.78 is 29.8. The molecular formula is C21H13FO5. The minimum atomic E-state index is -0.830. The maximum absolute atomic E-state index is 13.7. The molecule has 0 radical (unpaired) electrons. The number of benzene rings is 2. The molecule has 1 aliphatic rings. The fourth-order valence-electron chi connectivity index (χ4n) is 2.83. The topological polar surface area (TPSA) is 65.7 Å². The van der Waals surface area contributed by atoms with Gasteiger partial charge >= 0.3 is 5.97 Å². The predicted octanol–water partition coefficient (Wildman–Crippen LogP) is 4.56. The number of carbonyl (C=O) groups is 2. The average molecular weight is 364 g/mol. The lowest BCUT2D eigenvalue weighted by atomic mass is 10.0. The van der Waals surface area contributed by atoms with Crippen LogP contribution in [0.25, 0.3) is 6.08 Å². The fourth-order valence-corrected chi connectivity index (χ4v) is 2.83. The summed E-state index contributed by atoms with van der Waals surface area (Å²) in [6, 6.07) is 11.9. The molecule has 0 unspecified atom stereocenters. The van der Waals surface area contributed by atoms with E-state index < -0.39 is 11.8 Å². The molecule has 0 atom stereocenters. The van der Waals surface area contributed by atoms with Crippen molar-refractivity contribution >= 4 is 17.8 Å². The summed E-state index contributed by atoms with van der Waals surface area (Å²) in [4.78, 5) is 24.7. The van der Waals surface area contributed by atoms with Gasteiger partial charge in [0, 0.05) is 12.1 Å². The van der Waals surface area contributed by atoms with Gasteiger partial charge in [0.05, 0.1) is 17.4 Å². The first kappa shape index (κ1) is 16.8. The summed E-state index contributed by atoms with van der Waals surface area (Å²) >= 11 is 0. The third kappa shape index (κ3) is 3.13. The molecule has 2 heterocycles. The van der Waals surface area contributed by atoms with Crippen LogP contribution in [0, 0.1) is 12.7 Å². The number of allylic oxidation sites excluding steroid dienone is 1. The lowest BCUT2D eigenvalue weighted by Crippen LogP contribution is -2.10. The molecule has 4 rings (SSSR count). The van der Waals surface area contributed by atoms with Gasteiger partial charge < -0.3 is 13.9 Å². The van der Waals surface area contributed by atoms with Gasteiger partial charge in [0.25, 0.3) is 0 Å². The Bertz CT molecular complexity index is 1080. The van der Waals surface area contributed by atoms with Crippen LogP contribution in [0.2, 0.25) is 0 Å². The monoisotopic (exact) mass is 364 g/mol. The number of rotatable bonds is 3. The summed E-state index contributed by atoms with van der Waals surface area (Å²) in [5.74, 6) is -0.763. The molecule has 5 nitrogen and oxygen atoms in total. The molecule has 6 heteroatoms. The number of ketones is 1. The van der Waals surface area contributed by atoms with E-state index in [-0.39, 0.29) is 28.6 Å². The smallest absolute Gasteiger partial charge is 0.346 e. The Labute approximate surface area is 153 Å². The molecule has 0 bridgehead atoms. The second-order valence-corrected chi connectivity index (χ2v) is 5.94. The Morgan fingerprint density at radius 2 is 1.96 bits per heavy atom. The number of ether oxygens (including phenoxy) is 2. The third-order valence-corrected chi connectivity index (χ3v) is 4.06. The normalized spacial score (nSPS) is 14.1. The number of fused-ring (bicyclic) bond motifs is 1. The Balaban J connectivity index is 1.63. The molecule has 0 aliphatic carbocycles. The molecule has 1 aromatic heterocycles. The number of carbonyl (C=O) groups excluding carboxylic acids is 2. The van der Waals surface area contributed by atoms with Crippen molar-refractivity contribution in [3.8, 4) is 11.5 Å². The van der Waals surface area contributed by atoms with E-state index >= 15 is 0 Å². The van der Waals surface area contributed by atoms with Crippen LogP contribution in [-0.4, -0.2) is 11.8 Å². The van der Waals surface area contributed by atoms with Crippen molar-refractivity contribution in [1.82, 2.24) is 0 Å². The Kier molecular flexibility index (Phi) is 4.08. The minimum Gasteiger partial charge on any atom is -0.465 e. The Hall–Kier alpha value is -3.67.